The van der Waals surface area contributed by atoms with E-state index in [1.165, 1.54) is 4.88 Å². The summed E-state index contributed by atoms with van der Waals surface area (Å²) in [5.41, 5.74) is 0. The van der Waals surface area contributed by atoms with E-state index in [9.17, 15) is 0 Å². The lowest BCUT2D eigenvalue weighted by molar-refractivity contribution is 0.480. The number of hydrogen-bond donors (Lipinski definition) is 2. The molecular formula is C15H27N3S. The molecule has 1 aromatic rings. The van der Waals surface area contributed by atoms with E-state index in [1.807, 2.05) is 0 Å². The van der Waals surface area contributed by atoms with Crippen LogP contribution in [0.2, 0.25) is 0 Å². The quantitative estimate of drug-likeness (QED) is 0.619. The summed E-state index contributed by atoms with van der Waals surface area (Å²) in [5, 5.41) is 8.90. The highest BCUT2D eigenvalue weighted by molar-refractivity contribution is 7.10. The van der Waals surface area contributed by atoms with Crippen LogP contribution in [0.3, 0.4) is 0 Å². The van der Waals surface area contributed by atoms with Crippen molar-refractivity contribution in [2.45, 2.75) is 46.6 Å². The first-order chi connectivity index (χ1) is 9.04. The molecule has 2 atom stereocenters. The first kappa shape index (κ1) is 16.0. The van der Waals surface area contributed by atoms with Crippen molar-refractivity contribution in [3.05, 3.63) is 22.4 Å². The van der Waals surface area contributed by atoms with E-state index in [0.717, 1.165) is 19.0 Å². The Balaban J connectivity index is 2.57. The summed E-state index contributed by atoms with van der Waals surface area (Å²) in [4.78, 5) is 6.09. The van der Waals surface area contributed by atoms with Gasteiger partial charge >= 0.3 is 0 Å². The van der Waals surface area contributed by atoms with Crippen LogP contribution >= 0.6 is 11.3 Å². The van der Waals surface area contributed by atoms with Gasteiger partial charge in [-0.25, -0.2) is 0 Å². The highest BCUT2D eigenvalue weighted by atomic mass is 32.1. The van der Waals surface area contributed by atoms with Crippen LogP contribution in [0.15, 0.2) is 22.5 Å². The van der Waals surface area contributed by atoms with Gasteiger partial charge in [0.1, 0.15) is 0 Å². The maximum atomic E-state index is 4.69. The van der Waals surface area contributed by atoms with Crippen LogP contribution in [0, 0.1) is 5.92 Å². The van der Waals surface area contributed by atoms with Crippen LogP contribution in [0.4, 0.5) is 0 Å². The molecule has 1 heterocycles. The zero-order valence-corrected chi connectivity index (χ0v) is 13.6. The lowest BCUT2D eigenvalue weighted by Crippen LogP contribution is -2.44. The summed E-state index contributed by atoms with van der Waals surface area (Å²) in [5.74, 6) is 2.00. The molecule has 0 bridgehead atoms. The number of rotatable bonds is 6. The fraction of sp³-hybridized carbons (Fsp3) is 0.667. The molecule has 2 unspecified atom stereocenters. The topological polar surface area (TPSA) is 36.4 Å². The van der Waals surface area contributed by atoms with Gasteiger partial charge in [0.2, 0.25) is 0 Å². The average Bonchev–Trinajstić information content (AvgIpc) is 2.89. The zero-order chi connectivity index (χ0) is 14.3. The first-order valence-corrected chi connectivity index (χ1v) is 8.00. The average molecular weight is 281 g/mol. The Morgan fingerprint density at radius 1 is 1.32 bits per heavy atom. The van der Waals surface area contributed by atoms with Gasteiger partial charge in [-0.3, -0.25) is 4.99 Å². The SMILES string of the molecule is CCNC(=NCC(C)c1cccs1)NC(C)C(C)C. The van der Waals surface area contributed by atoms with Crippen LogP contribution in [-0.2, 0) is 0 Å². The zero-order valence-electron chi connectivity index (χ0n) is 12.7. The van der Waals surface area contributed by atoms with E-state index >= 15 is 0 Å². The van der Waals surface area contributed by atoms with Crippen LogP contribution in [0.5, 0.6) is 0 Å². The number of hydrogen-bond acceptors (Lipinski definition) is 2. The summed E-state index contributed by atoms with van der Waals surface area (Å²) in [6, 6.07) is 4.71. The summed E-state index contributed by atoms with van der Waals surface area (Å²) in [7, 11) is 0. The van der Waals surface area contributed by atoms with Crippen LogP contribution in [0.25, 0.3) is 0 Å². The molecule has 0 saturated heterocycles. The molecule has 4 heteroatoms. The molecule has 0 aliphatic carbocycles. The molecule has 19 heavy (non-hydrogen) atoms. The molecule has 0 saturated carbocycles. The minimum absolute atomic E-state index is 0.426. The Labute approximate surface area is 121 Å². The van der Waals surface area contributed by atoms with Gasteiger partial charge in [-0.05, 0) is 31.2 Å². The molecule has 0 fully saturated rings. The van der Waals surface area contributed by atoms with Crippen LogP contribution in [-0.4, -0.2) is 25.1 Å². The molecule has 0 amide bonds. The minimum Gasteiger partial charge on any atom is -0.357 e. The van der Waals surface area contributed by atoms with Gasteiger partial charge in [0.25, 0.3) is 0 Å². The van der Waals surface area contributed by atoms with Gasteiger partial charge in [0.05, 0.1) is 6.54 Å². The molecule has 0 radical (unpaired) electrons. The van der Waals surface area contributed by atoms with Gasteiger partial charge in [-0.15, -0.1) is 11.3 Å². The van der Waals surface area contributed by atoms with E-state index in [-0.39, 0.29) is 0 Å². The highest BCUT2D eigenvalue weighted by Gasteiger charge is 2.10. The van der Waals surface area contributed by atoms with Crippen molar-refractivity contribution in [3.63, 3.8) is 0 Å². The van der Waals surface area contributed by atoms with Crippen molar-refractivity contribution in [2.24, 2.45) is 10.9 Å². The minimum atomic E-state index is 0.426. The van der Waals surface area contributed by atoms with Gasteiger partial charge in [-0.2, -0.15) is 0 Å². The second kappa shape index (κ2) is 8.20. The summed E-state index contributed by atoms with van der Waals surface area (Å²) >= 11 is 1.80. The third kappa shape index (κ3) is 5.64. The molecule has 2 N–H and O–H groups in total. The molecule has 1 rings (SSSR count). The number of thiophene rings is 1. The third-order valence-corrected chi connectivity index (χ3v) is 4.36. The molecular weight excluding hydrogens is 254 g/mol. The van der Waals surface area contributed by atoms with Gasteiger partial charge in [-0.1, -0.05) is 26.8 Å². The van der Waals surface area contributed by atoms with E-state index in [4.69, 9.17) is 4.99 Å². The van der Waals surface area contributed by atoms with Crippen LogP contribution in [0.1, 0.15) is 45.4 Å². The second-order valence-corrected chi connectivity index (χ2v) is 6.29. The number of nitrogens with one attached hydrogen (secondary N) is 2. The second-order valence-electron chi connectivity index (χ2n) is 5.31. The Bertz CT molecular complexity index is 371. The van der Waals surface area contributed by atoms with E-state index in [0.29, 0.717) is 17.9 Å². The molecule has 0 aromatic carbocycles. The van der Waals surface area contributed by atoms with Crippen molar-refractivity contribution >= 4 is 17.3 Å². The van der Waals surface area contributed by atoms with E-state index < -0.39 is 0 Å². The smallest absolute Gasteiger partial charge is 0.191 e. The molecule has 108 valence electrons. The monoisotopic (exact) mass is 281 g/mol. The summed E-state index contributed by atoms with van der Waals surface area (Å²) in [6.07, 6.45) is 0. The molecule has 0 aliphatic heterocycles. The Kier molecular flexibility index (Phi) is 6.92. The van der Waals surface area contributed by atoms with Crippen molar-refractivity contribution in [3.8, 4) is 0 Å². The summed E-state index contributed by atoms with van der Waals surface area (Å²) < 4.78 is 0. The predicted molar refractivity (Wildman–Crippen MR) is 86.1 cm³/mol. The van der Waals surface area contributed by atoms with Crippen molar-refractivity contribution in [2.75, 3.05) is 13.1 Å². The lowest BCUT2D eigenvalue weighted by Gasteiger charge is -2.21. The van der Waals surface area contributed by atoms with E-state index in [1.54, 1.807) is 11.3 Å². The molecule has 1 aromatic heterocycles. The largest absolute Gasteiger partial charge is 0.357 e. The van der Waals surface area contributed by atoms with Crippen molar-refractivity contribution < 1.29 is 0 Å². The van der Waals surface area contributed by atoms with Gasteiger partial charge in [0, 0.05) is 23.4 Å². The van der Waals surface area contributed by atoms with Crippen LogP contribution < -0.4 is 10.6 Å². The maximum absolute atomic E-state index is 4.69. The Morgan fingerprint density at radius 2 is 2.05 bits per heavy atom. The fourth-order valence-electron chi connectivity index (χ4n) is 1.59. The molecule has 3 nitrogen and oxygen atoms in total. The molecule has 0 spiro atoms. The van der Waals surface area contributed by atoms with Crippen molar-refractivity contribution in [1.82, 2.24) is 10.6 Å². The maximum Gasteiger partial charge on any atom is 0.191 e. The predicted octanol–water partition coefficient (Wildman–Crippen LogP) is 3.45. The first-order valence-electron chi connectivity index (χ1n) is 7.12. The third-order valence-electron chi connectivity index (χ3n) is 3.26. The molecule has 0 aliphatic rings. The van der Waals surface area contributed by atoms with Crippen molar-refractivity contribution in [1.29, 1.82) is 0 Å². The number of aliphatic imine (C=N–C) groups is 1. The normalized spacial score (nSPS) is 15.4. The standard InChI is InChI=1S/C15H27N3S/c1-6-16-15(18-13(5)11(2)3)17-10-12(4)14-8-7-9-19-14/h7-9,11-13H,6,10H2,1-5H3,(H2,16,17,18). The highest BCUT2D eigenvalue weighted by Crippen LogP contribution is 2.20. The van der Waals surface area contributed by atoms with E-state index in [2.05, 4.69) is 62.8 Å². The fourth-order valence-corrected chi connectivity index (χ4v) is 2.37. The number of nitrogens with zero attached hydrogens (tertiary/aromatic N) is 1. The van der Waals surface area contributed by atoms with Gasteiger partial charge in [0.15, 0.2) is 5.96 Å². The Morgan fingerprint density at radius 3 is 2.58 bits per heavy atom. The van der Waals surface area contributed by atoms with Gasteiger partial charge < -0.3 is 10.6 Å². The number of guanidine groups is 1. The Hall–Kier alpha value is -1.03. The summed E-state index contributed by atoms with van der Waals surface area (Å²) in [6.45, 7) is 12.7. The lowest BCUT2D eigenvalue weighted by atomic mass is 10.1.